The Labute approximate surface area is 293 Å². The van der Waals surface area contributed by atoms with Gasteiger partial charge in [0.15, 0.2) is 5.78 Å². The van der Waals surface area contributed by atoms with E-state index in [1.54, 1.807) is 62.6 Å². The highest BCUT2D eigenvalue weighted by atomic mass is 79.9. The van der Waals surface area contributed by atoms with Crippen LogP contribution in [0.1, 0.15) is 37.3 Å². The number of hydrogen-bond donors (Lipinski definition) is 1. The molecular formula is C36H39BrN2O10. The minimum atomic E-state index is -1.15. The molecule has 12 nitrogen and oxygen atoms in total. The molecule has 49 heavy (non-hydrogen) atoms. The number of carbonyl (C=O) groups is 4. The van der Waals surface area contributed by atoms with Gasteiger partial charge in [-0.25, -0.2) is 9.78 Å². The Morgan fingerprint density at radius 1 is 0.878 bits per heavy atom. The first-order valence-corrected chi connectivity index (χ1v) is 16.1. The summed E-state index contributed by atoms with van der Waals surface area (Å²) in [5, 5.41) is 9.28. The van der Waals surface area contributed by atoms with Crippen molar-refractivity contribution < 1.29 is 47.6 Å². The molecule has 0 aliphatic carbocycles. The van der Waals surface area contributed by atoms with Gasteiger partial charge in [-0.3, -0.25) is 19.3 Å². The van der Waals surface area contributed by atoms with Crippen LogP contribution >= 0.6 is 15.9 Å². The van der Waals surface area contributed by atoms with Gasteiger partial charge < -0.3 is 28.5 Å². The summed E-state index contributed by atoms with van der Waals surface area (Å²) in [5.74, 6) is 2.27. The zero-order valence-electron chi connectivity index (χ0n) is 27.9. The van der Waals surface area contributed by atoms with Gasteiger partial charge in [-0.05, 0) is 87.0 Å². The maximum atomic E-state index is 12.7. The van der Waals surface area contributed by atoms with Crippen LogP contribution in [0.5, 0.6) is 23.0 Å². The van der Waals surface area contributed by atoms with E-state index in [0.29, 0.717) is 30.4 Å². The number of aromatic nitrogens is 1. The minimum absolute atomic E-state index is 0.0480. The van der Waals surface area contributed by atoms with Gasteiger partial charge in [0, 0.05) is 18.5 Å². The molecule has 0 saturated heterocycles. The predicted octanol–water partition coefficient (Wildman–Crippen LogP) is 6.69. The number of methoxy groups -OCH3 is 2. The van der Waals surface area contributed by atoms with E-state index in [4.69, 9.17) is 23.4 Å². The van der Waals surface area contributed by atoms with E-state index in [9.17, 15) is 24.3 Å². The Hall–Kier alpha value is -5.17. The fraction of sp³-hybridized carbons (Fsp3) is 0.306. The van der Waals surface area contributed by atoms with Crippen LogP contribution in [0.15, 0.2) is 77.2 Å². The van der Waals surface area contributed by atoms with Crippen LogP contribution in [-0.4, -0.2) is 70.8 Å². The van der Waals surface area contributed by atoms with Gasteiger partial charge in [0.2, 0.25) is 5.89 Å². The third-order valence-corrected chi connectivity index (χ3v) is 7.36. The smallest absolute Gasteiger partial charge is 0.416 e. The second-order valence-corrected chi connectivity index (χ2v) is 12.1. The number of carbonyl (C=O) groups excluding carboxylic acids is 3. The third kappa shape index (κ3) is 12.8. The second-order valence-electron chi connectivity index (χ2n) is 10.7. The van der Waals surface area contributed by atoms with Crippen LogP contribution in [0.2, 0.25) is 0 Å². The van der Waals surface area contributed by atoms with Crippen molar-refractivity contribution in [3.63, 3.8) is 0 Å². The lowest BCUT2D eigenvalue weighted by Gasteiger charge is -2.20. The molecule has 1 atom stereocenters. The fourth-order valence-corrected chi connectivity index (χ4v) is 4.40. The number of halogens is 1. The van der Waals surface area contributed by atoms with Crippen molar-refractivity contribution in [2.45, 2.75) is 45.0 Å². The highest BCUT2D eigenvalue weighted by Gasteiger charge is 2.20. The van der Waals surface area contributed by atoms with E-state index in [-0.39, 0.29) is 35.1 Å². The SMILES string of the molecule is CC(=O)CC(=O)C(C)Br.COc1ccc(OC(=O)N(CC(=O)O)Cc2ccc(OCCc3nc(-c4ccc(OC)cc4)oc3C)cc2)cc1. The van der Waals surface area contributed by atoms with Gasteiger partial charge in [0.1, 0.15) is 41.1 Å². The number of carboxylic acids is 1. The number of rotatable bonds is 15. The Morgan fingerprint density at radius 3 is 1.94 bits per heavy atom. The number of aryl methyl sites for hydroxylation is 1. The van der Waals surface area contributed by atoms with Gasteiger partial charge in [-0.15, -0.1) is 0 Å². The molecule has 260 valence electrons. The van der Waals surface area contributed by atoms with Crippen LogP contribution in [0.3, 0.4) is 0 Å². The molecule has 3 aromatic carbocycles. The quantitative estimate of drug-likeness (QED) is 0.102. The number of oxazole rings is 1. The first-order chi connectivity index (χ1) is 23.4. The van der Waals surface area contributed by atoms with E-state index in [2.05, 4.69) is 20.9 Å². The monoisotopic (exact) mass is 738 g/mol. The Morgan fingerprint density at radius 2 is 1.43 bits per heavy atom. The van der Waals surface area contributed by atoms with Gasteiger partial charge in [-0.1, -0.05) is 28.1 Å². The topological polar surface area (TPSA) is 155 Å². The molecule has 0 saturated carbocycles. The number of Topliss-reactive ketones (excluding diaryl/α,β-unsaturated/α-hetero) is 2. The molecule has 0 aliphatic rings. The molecule has 1 unspecified atom stereocenters. The molecule has 0 radical (unpaired) electrons. The van der Waals surface area contributed by atoms with Crippen LogP contribution in [0.4, 0.5) is 4.79 Å². The number of nitrogens with zero attached hydrogens (tertiary/aromatic N) is 2. The molecule has 0 bridgehead atoms. The standard InChI is InChI=1S/C30H30N2O8.C6H9BrO2/c1-20-27(31-29(39-20)22-6-10-23(36-2)11-7-22)16-17-38-25-8-4-21(5-9-25)18-32(19-28(33)34)30(35)40-26-14-12-24(37-3)13-15-26;1-4(8)3-6(9)5(2)7/h4-15H,16-19H2,1-3H3,(H,33,34);5H,3H2,1-2H3. The summed E-state index contributed by atoms with van der Waals surface area (Å²) in [4.78, 5) is 50.5. The molecular weight excluding hydrogens is 700 g/mol. The maximum absolute atomic E-state index is 12.7. The van der Waals surface area contributed by atoms with Crippen molar-refractivity contribution in [2.75, 3.05) is 27.4 Å². The average molecular weight is 740 g/mol. The summed E-state index contributed by atoms with van der Waals surface area (Å²) in [5.41, 5.74) is 2.38. The highest BCUT2D eigenvalue weighted by Crippen LogP contribution is 2.25. The first-order valence-electron chi connectivity index (χ1n) is 15.2. The summed E-state index contributed by atoms with van der Waals surface area (Å²) < 4.78 is 27.3. The molecule has 1 N–H and O–H groups in total. The molecule has 1 aromatic heterocycles. The Balaban J connectivity index is 0.000000635. The lowest BCUT2D eigenvalue weighted by Crippen LogP contribution is -2.37. The van der Waals surface area contributed by atoms with Crippen molar-refractivity contribution >= 4 is 39.6 Å². The Bertz CT molecular complexity index is 1680. The highest BCUT2D eigenvalue weighted by molar-refractivity contribution is 9.10. The summed E-state index contributed by atoms with van der Waals surface area (Å²) in [7, 11) is 3.15. The Kier molecular flexibility index (Phi) is 14.8. The van der Waals surface area contributed by atoms with Gasteiger partial charge >= 0.3 is 12.1 Å². The number of aliphatic carboxylic acids is 1. The number of ketones is 2. The van der Waals surface area contributed by atoms with Crippen molar-refractivity contribution in [1.82, 2.24) is 9.88 Å². The molecule has 1 amide bonds. The van der Waals surface area contributed by atoms with Gasteiger partial charge in [0.05, 0.1) is 37.8 Å². The van der Waals surface area contributed by atoms with Gasteiger partial charge in [0.25, 0.3) is 0 Å². The molecule has 0 spiro atoms. The van der Waals surface area contributed by atoms with E-state index in [1.807, 2.05) is 31.2 Å². The van der Waals surface area contributed by atoms with Crippen LogP contribution in [-0.2, 0) is 27.3 Å². The summed E-state index contributed by atoms with van der Waals surface area (Å²) in [6.07, 6.45) is -0.173. The number of benzene rings is 3. The van der Waals surface area contributed by atoms with E-state index in [1.165, 1.54) is 14.0 Å². The zero-order chi connectivity index (χ0) is 35.9. The van der Waals surface area contributed by atoms with Crippen LogP contribution in [0.25, 0.3) is 11.5 Å². The second kappa shape index (κ2) is 19.0. The fourth-order valence-electron chi connectivity index (χ4n) is 4.24. The molecule has 13 heteroatoms. The first kappa shape index (κ1) is 38.3. The van der Waals surface area contributed by atoms with E-state index < -0.39 is 18.6 Å². The van der Waals surface area contributed by atoms with Crippen LogP contribution in [0, 0.1) is 6.92 Å². The van der Waals surface area contributed by atoms with Crippen molar-refractivity contribution in [1.29, 1.82) is 0 Å². The maximum Gasteiger partial charge on any atom is 0.416 e. The van der Waals surface area contributed by atoms with Crippen molar-refractivity contribution in [3.05, 3.63) is 89.8 Å². The zero-order valence-corrected chi connectivity index (χ0v) is 29.5. The number of ether oxygens (including phenoxy) is 4. The van der Waals surface area contributed by atoms with E-state index in [0.717, 1.165) is 33.2 Å². The number of alkyl halides is 1. The summed E-state index contributed by atoms with van der Waals surface area (Å²) in [6.45, 7) is 4.91. The molecule has 0 aliphatic heterocycles. The van der Waals surface area contributed by atoms with Crippen LogP contribution < -0.4 is 18.9 Å². The number of carboxylic acid groups (broad SMARTS) is 1. The number of hydrogen-bond acceptors (Lipinski definition) is 10. The largest absolute Gasteiger partial charge is 0.497 e. The molecule has 4 rings (SSSR count). The molecule has 1 heterocycles. The minimum Gasteiger partial charge on any atom is -0.497 e. The lowest BCUT2D eigenvalue weighted by molar-refractivity contribution is -0.138. The lowest BCUT2D eigenvalue weighted by atomic mass is 10.2. The van der Waals surface area contributed by atoms with Gasteiger partial charge in [-0.2, -0.15) is 0 Å². The summed E-state index contributed by atoms with van der Waals surface area (Å²) >= 11 is 3.07. The normalized spacial score (nSPS) is 11.0. The van der Waals surface area contributed by atoms with E-state index >= 15 is 0 Å². The van der Waals surface area contributed by atoms with Crippen molar-refractivity contribution in [2.24, 2.45) is 0 Å². The van der Waals surface area contributed by atoms with Crippen molar-refractivity contribution in [3.8, 4) is 34.5 Å². The molecule has 0 fully saturated rings. The number of amides is 1. The average Bonchev–Trinajstić information content (AvgIpc) is 3.45. The molecule has 4 aromatic rings. The predicted molar refractivity (Wildman–Crippen MR) is 185 cm³/mol. The summed E-state index contributed by atoms with van der Waals surface area (Å²) in [6, 6.07) is 21.0. The third-order valence-electron chi connectivity index (χ3n) is 6.85.